The number of nitrogens with one attached hydrogen (secondary N) is 1. The van der Waals surface area contributed by atoms with Gasteiger partial charge in [-0.1, -0.05) is 41.9 Å². The number of likely N-dealkylation sites (tertiary alicyclic amines) is 1. The second-order valence-electron chi connectivity index (χ2n) is 7.48. The Labute approximate surface area is 187 Å². The van der Waals surface area contributed by atoms with Crippen molar-refractivity contribution in [1.82, 2.24) is 20.0 Å². The average molecular weight is 465 g/mol. The number of alkyl halides is 3. The number of amides is 1. The molecule has 32 heavy (non-hydrogen) atoms. The van der Waals surface area contributed by atoms with Crippen LogP contribution in [-0.2, 0) is 12.7 Å². The van der Waals surface area contributed by atoms with E-state index in [1.165, 1.54) is 24.3 Å². The predicted molar refractivity (Wildman–Crippen MR) is 113 cm³/mol. The molecule has 1 amide bonds. The number of nitrogens with zero attached hydrogens (tertiary/aromatic N) is 3. The zero-order chi connectivity index (χ0) is 22.7. The van der Waals surface area contributed by atoms with E-state index in [1.54, 1.807) is 0 Å². The zero-order valence-electron chi connectivity index (χ0n) is 16.8. The highest BCUT2D eigenvalue weighted by Gasteiger charge is 2.40. The number of ether oxygens (including phenoxy) is 1. The van der Waals surface area contributed by atoms with Crippen LogP contribution in [0.2, 0.25) is 5.02 Å². The second-order valence-corrected chi connectivity index (χ2v) is 7.92. The van der Waals surface area contributed by atoms with Gasteiger partial charge in [-0.2, -0.15) is 18.3 Å². The summed E-state index contributed by atoms with van der Waals surface area (Å²) in [5, 5.41) is 6.80. The fraction of sp³-hybridized carbons (Fsp3) is 0.273. The normalized spacial score (nSPS) is 16.8. The summed E-state index contributed by atoms with van der Waals surface area (Å²) in [5.41, 5.74) is 0.122. The summed E-state index contributed by atoms with van der Waals surface area (Å²) < 4.78 is 46.8. The van der Waals surface area contributed by atoms with Crippen molar-refractivity contribution in [3.63, 3.8) is 0 Å². The van der Waals surface area contributed by atoms with Crippen LogP contribution in [-0.4, -0.2) is 39.9 Å². The molecule has 1 fully saturated rings. The van der Waals surface area contributed by atoms with Crippen molar-refractivity contribution < 1.29 is 22.7 Å². The van der Waals surface area contributed by atoms with Gasteiger partial charge in [0.25, 0.3) is 0 Å². The number of aromatic nitrogens is 2. The summed E-state index contributed by atoms with van der Waals surface area (Å²) in [6, 6.07) is 15.4. The number of benzene rings is 2. The first kappa shape index (κ1) is 22.2. The molecule has 2 heterocycles. The third kappa shape index (κ3) is 5.23. The first-order valence-electron chi connectivity index (χ1n) is 9.95. The van der Waals surface area contributed by atoms with E-state index in [2.05, 4.69) is 15.3 Å². The molecule has 6 nitrogen and oxygen atoms in total. The van der Waals surface area contributed by atoms with Crippen LogP contribution >= 0.6 is 11.6 Å². The highest BCUT2D eigenvalue weighted by molar-refractivity contribution is 6.30. The largest absolute Gasteiger partial charge is 0.437 e. The van der Waals surface area contributed by atoms with Gasteiger partial charge in [0.2, 0.25) is 0 Å². The van der Waals surface area contributed by atoms with Gasteiger partial charge >= 0.3 is 12.3 Å². The highest BCUT2D eigenvalue weighted by atomic mass is 35.5. The van der Waals surface area contributed by atoms with Gasteiger partial charge in [0, 0.05) is 30.7 Å². The van der Waals surface area contributed by atoms with Gasteiger partial charge in [-0.05, 0) is 36.2 Å². The van der Waals surface area contributed by atoms with Crippen LogP contribution in [0.25, 0.3) is 5.69 Å². The first-order valence-corrected chi connectivity index (χ1v) is 10.3. The Balaban J connectivity index is 1.42. The van der Waals surface area contributed by atoms with Gasteiger partial charge in [0.1, 0.15) is 0 Å². The van der Waals surface area contributed by atoms with E-state index in [4.69, 9.17) is 16.3 Å². The number of carbonyl (C=O) groups is 1. The second kappa shape index (κ2) is 9.22. The minimum absolute atomic E-state index is 0.143. The molecule has 10 heteroatoms. The molecule has 0 bridgehead atoms. The van der Waals surface area contributed by atoms with E-state index in [9.17, 15) is 18.0 Å². The standard InChI is InChI=1S/C22H20ClF3N4O2/c23-16-6-8-18(9-7-16)30-20(22(24,25)26)19(12-27-30)32-21(31)28-17-10-11-29(14-17)13-15-4-2-1-3-5-15/h1-9,12,17H,10-11,13-14H2,(H,28,31). The molecule has 1 unspecified atom stereocenters. The molecule has 0 spiro atoms. The lowest BCUT2D eigenvalue weighted by Gasteiger charge is -2.17. The first-order chi connectivity index (χ1) is 15.3. The SMILES string of the molecule is O=C(NC1CCN(Cc2ccccc2)C1)Oc1cnn(-c2ccc(Cl)cc2)c1C(F)(F)F. The topological polar surface area (TPSA) is 59.4 Å². The molecule has 1 aromatic heterocycles. The van der Waals surface area contributed by atoms with Crippen LogP contribution in [0.15, 0.2) is 60.8 Å². The molecule has 2 aromatic carbocycles. The Morgan fingerprint density at radius 1 is 1.16 bits per heavy atom. The number of rotatable bonds is 5. The van der Waals surface area contributed by atoms with Crippen molar-refractivity contribution in [3.05, 3.63) is 77.1 Å². The summed E-state index contributed by atoms with van der Waals surface area (Å²) in [7, 11) is 0. The van der Waals surface area contributed by atoms with Gasteiger partial charge < -0.3 is 10.1 Å². The maximum absolute atomic E-state index is 13.7. The van der Waals surface area contributed by atoms with Crippen molar-refractivity contribution >= 4 is 17.7 Å². The Bertz CT molecular complexity index is 1070. The number of halogens is 4. The molecular weight excluding hydrogens is 445 g/mol. The zero-order valence-corrected chi connectivity index (χ0v) is 17.6. The van der Waals surface area contributed by atoms with Gasteiger partial charge in [0.15, 0.2) is 11.4 Å². The molecule has 0 saturated carbocycles. The van der Waals surface area contributed by atoms with E-state index >= 15 is 0 Å². The maximum Gasteiger partial charge on any atom is 0.437 e. The highest BCUT2D eigenvalue weighted by Crippen LogP contribution is 2.37. The van der Waals surface area contributed by atoms with Crippen molar-refractivity contribution in [2.45, 2.75) is 25.2 Å². The Morgan fingerprint density at radius 3 is 2.56 bits per heavy atom. The van der Waals surface area contributed by atoms with Crippen LogP contribution in [0.4, 0.5) is 18.0 Å². The Morgan fingerprint density at radius 2 is 1.88 bits per heavy atom. The third-order valence-electron chi connectivity index (χ3n) is 5.12. The molecule has 1 N–H and O–H groups in total. The molecule has 1 aliphatic rings. The Hall–Kier alpha value is -3.04. The lowest BCUT2D eigenvalue weighted by molar-refractivity contribution is -0.143. The monoisotopic (exact) mass is 464 g/mol. The summed E-state index contributed by atoms with van der Waals surface area (Å²) >= 11 is 5.81. The maximum atomic E-state index is 13.7. The van der Waals surface area contributed by atoms with Crippen LogP contribution < -0.4 is 10.1 Å². The van der Waals surface area contributed by atoms with E-state index in [1.807, 2.05) is 30.3 Å². The molecule has 0 aliphatic carbocycles. The van der Waals surface area contributed by atoms with Crippen molar-refractivity contribution in [2.24, 2.45) is 0 Å². The lowest BCUT2D eigenvalue weighted by atomic mass is 10.2. The van der Waals surface area contributed by atoms with Crippen LogP contribution in [0, 0.1) is 0 Å². The Kier molecular flexibility index (Phi) is 6.38. The minimum Gasteiger partial charge on any atom is -0.406 e. The fourth-order valence-corrected chi connectivity index (χ4v) is 3.80. The van der Waals surface area contributed by atoms with Gasteiger partial charge in [0.05, 0.1) is 11.9 Å². The summed E-state index contributed by atoms with van der Waals surface area (Å²) in [5.74, 6) is -0.663. The smallest absolute Gasteiger partial charge is 0.406 e. The molecular formula is C22H20ClF3N4O2. The summed E-state index contributed by atoms with van der Waals surface area (Å²) in [6.07, 6.45) is -4.17. The van der Waals surface area contributed by atoms with Crippen molar-refractivity contribution in [2.75, 3.05) is 13.1 Å². The molecule has 4 rings (SSSR count). The molecule has 1 saturated heterocycles. The van der Waals surface area contributed by atoms with Gasteiger partial charge in [-0.3, -0.25) is 4.90 Å². The molecule has 168 valence electrons. The van der Waals surface area contributed by atoms with Crippen molar-refractivity contribution in [3.8, 4) is 11.4 Å². The fourth-order valence-electron chi connectivity index (χ4n) is 3.68. The predicted octanol–water partition coefficient (Wildman–Crippen LogP) is 4.91. The summed E-state index contributed by atoms with van der Waals surface area (Å²) in [4.78, 5) is 14.5. The lowest BCUT2D eigenvalue weighted by Crippen LogP contribution is -2.38. The van der Waals surface area contributed by atoms with E-state index in [0.717, 1.165) is 24.8 Å². The number of hydrogen-bond acceptors (Lipinski definition) is 4. The van der Waals surface area contributed by atoms with Crippen LogP contribution in [0.5, 0.6) is 5.75 Å². The third-order valence-corrected chi connectivity index (χ3v) is 5.37. The summed E-state index contributed by atoms with van der Waals surface area (Å²) in [6.45, 7) is 2.09. The molecule has 0 radical (unpaired) electrons. The number of carbonyl (C=O) groups excluding carboxylic acids is 1. The van der Waals surface area contributed by atoms with E-state index in [-0.39, 0.29) is 11.7 Å². The van der Waals surface area contributed by atoms with Gasteiger partial charge in [-0.15, -0.1) is 0 Å². The van der Waals surface area contributed by atoms with Gasteiger partial charge in [-0.25, -0.2) is 9.48 Å². The van der Waals surface area contributed by atoms with E-state index < -0.39 is 23.7 Å². The molecule has 1 aliphatic heterocycles. The minimum atomic E-state index is -4.79. The van der Waals surface area contributed by atoms with Crippen LogP contribution in [0.3, 0.4) is 0 Å². The van der Waals surface area contributed by atoms with E-state index in [0.29, 0.717) is 22.7 Å². The number of hydrogen-bond donors (Lipinski definition) is 1. The molecule has 1 atom stereocenters. The van der Waals surface area contributed by atoms with Crippen LogP contribution in [0.1, 0.15) is 17.7 Å². The van der Waals surface area contributed by atoms with Crippen molar-refractivity contribution in [1.29, 1.82) is 0 Å². The quantitative estimate of drug-likeness (QED) is 0.583. The average Bonchev–Trinajstić information content (AvgIpc) is 3.36. The molecule has 3 aromatic rings.